The first-order valence-electron chi connectivity index (χ1n) is 9.62. The zero-order valence-electron chi connectivity index (χ0n) is 16.4. The second-order valence-corrected chi connectivity index (χ2v) is 6.98. The third-order valence-electron chi connectivity index (χ3n) is 4.93. The minimum atomic E-state index is -0.610. The maximum Gasteiger partial charge on any atom is 0.295 e. The van der Waals surface area contributed by atoms with Gasteiger partial charge in [-0.3, -0.25) is 9.59 Å². The largest absolute Gasteiger partial charge is 0.504 e. The molecule has 8 heteroatoms. The molecule has 0 atom stereocenters. The number of anilines is 1. The van der Waals surface area contributed by atoms with Gasteiger partial charge in [0.15, 0.2) is 11.4 Å². The Morgan fingerprint density at radius 2 is 1.83 bits per heavy atom. The molecule has 0 spiro atoms. The first-order chi connectivity index (χ1) is 14.5. The molecule has 152 valence electrons. The van der Waals surface area contributed by atoms with Gasteiger partial charge in [0.2, 0.25) is 5.91 Å². The number of nitrogens with zero attached hydrogens (tertiary/aromatic N) is 4. The van der Waals surface area contributed by atoms with Gasteiger partial charge in [-0.2, -0.15) is 10.2 Å². The lowest BCUT2D eigenvalue weighted by molar-refractivity contribution is -0.117. The fourth-order valence-electron chi connectivity index (χ4n) is 3.30. The average molecular weight is 403 g/mol. The molecule has 2 aromatic carbocycles. The molecular formula is C22H21N5O3. The first-order valence-corrected chi connectivity index (χ1v) is 9.62. The van der Waals surface area contributed by atoms with E-state index in [1.165, 1.54) is 10.9 Å². The molecule has 1 saturated heterocycles. The van der Waals surface area contributed by atoms with Gasteiger partial charge in [0, 0.05) is 18.7 Å². The van der Waals surface area contributed by atoms with Gasteiger partial charge < -0.3 is 10.0 Å². The summed E-state index contributed by atoms with van der Waals surface area (Å²) >= 11 is 0. The number of rotatable bonds is 5. The summed E-state index contributed by atoms with van der Waals surface area (Å²) in [5, 5.41) is 18.3. The molecule has 0 radical (unpaired) electrons. The van der Waals surface area contributed by atoms with Crippen molar-refractivity contribution in [2.45, 2.75) is 19.8 Å². The second kappa shape index (κ2) is 8.20. The fourth-order valence-corrected chi connectivity index (χ4v) is 3.30. The van der Waals surface area contributed by atoms with E-state index in [0.29, 0.717) is 12.1 Å². The molecule has 1 aliphatic heterocycles. The molecule has 2 N–H and O–H groups in total. The Hall–Kier alpha value is -3.94. The molecule has 3 aromatic rings. The smallest absolute Gasteiger partial charge is 0.295 e. The molecule has 2 amide bonds. The van der Waals surface area contributed by atoms with E-state index in [2.05, 4.69) is 15.6 Å². The highest BCUT2D eigenvalue weighted by Crippen LogP contribution is 2.22. The molecule has 1 fully saturated rings. The van der Waals surface area contributed by atoms with Crippen LogP contribution in [0, 0.1) is 0 Å². The van der Waals surface area contributed by atoms with Gasteiger partial charge in [-0.05, 0) is 43.2 Å². The van der Waals surface area contributed by atoms with Gasteiger partial charge in [-0.25, -0.2) is 10.1 Å². The van der Waals surface area contributed by atoms with Crippen molar-refractivity contribution in [1.82, 2.24) is 15.2 Å². The number of aromatic nitrogens is 2. The molecule has 0 aliphatic carbocycles. The summed E-state index contributed by atoms with van der Waals surface area (Å²) in [7, 11) is 0. The number of benzene rings is 2. The van der Waals surface area contributed by atoms with Crippen LogP contribution in [0.3, 0.4) is 0 Å². The van der Waals surface area contributed by atoms with Crippen LogP contribution in [0.5, 0.6) is 5.75 Å². The molecule has 0 saturated carbocycles. The molecule has 2 heterocycles. The SMILES string of the molecule is C/C(=N/NC(=O)c1nn(-c2ccccc2)cc1O)c1ccc(N2CCCC2=O)cc1. The van der Waals surface area contributed by atoms with Crippen molar-refractivity contribution < 1.29 is 14.7 Å². The van der Waals surface area contributed by atoms with Crippen molar-refractivity contribution >= 4 is 23.2 Å². The van der Waals surface area contributed by atoms with Gasteiger partial charge in [0.05, 0.1) is 17.6 Å². The van der Waals surface area contributed by atoms with E-state index in [0.717, 1.165) is 29.9 Å². The minimum absolute atomic E-state index is 0.113. The van der Waals surface area contributed by atoms with Crippen LogP contribution in [0.4, 0.5) is 5.69 Å². The van der Waals surface area contributed by atoms with Crippen LogP contribution in [0.25, 0.3) is 5.69 Å². The van der Waals surface area contributed by atoms with Crippen LogP contribution >= 0.6 is 0 Å². The summed E-state index contributed by atoms with van der Waals surface area (Å²) in [6.45, 7) is 2.50. The Morgan fingerprint density at radius 3 is 2.50 bits per heavy atom. The van der Waals surface area contributed by atoms with E-state index >= 15 is 0 Å². The van der Waals surface area contributed by atoms with Crippen molar-refractivity contribution in [2.75, 3.05) is 11.4 Å². The average Bonchev–Trinajstić information content (AvgIpc) is 3.38. The standard InChI is InChI=1S/C22H21N5O3/c1-15(16-9-11-17(12-10-16)26-13-5-8-20(26)29)23-24-22(30)21-19(28)14-27(25-21)18-6-3-2-4-7-18/h2-4,6-7,9-12,14,28H,5,8,13H2,1H3,(H,24,30)/b23-15-. The van der Waals surface area contributed by atoms with Gasteiger partial charge >= 0.3 is 0 Å². The van der Waals surface area contributed by atoms with Crippen LogP contribution in [0.15, 0.2) is 65.9 Å². The Balaban J connectivity index is 1.45. The maximum absolute atomic E-state index is 12.4. The predicted molar refractivity (Wildman–Crippen MR) is 113 cm³/mol. The molecule has 0 bridgehead atoms. The Morgan fingerprint density at radius 1 is 1.10 bits per heavy atom. The number of hydrogen-bond donors (Lipinski definition) is 2. The van der Waals surface area contributed by atoms with Gasteiger partial charge in [0.1, 0.15) is 0 Å². The van der Waals surface area contributed by atoms with Crippen molar-refractivity contribution in [3.8, 4) is 11.4 Å². The summed E-state index contributed by atoms with van der Waals surface area (Å²) in [6, 6.07) is 16.6. The third kappa shape index (κ3) is 3.93. The highest BCUT2D eigenvalue weighted by atomic mass is 16.3. The molecular weight excluding hydrogens is 382 g/mol. The van der Waals surface area contributed by atoms with Gasteiger partial charge in [-0.1, -0.05) is 30.3 Å². The molecule has 4 rings (SSSR count). The second-order valence-electron chi connectivity index (χ2n) is 6.98. The monoisotopic (exact) mass is 403 g/mol. The summed E-state index contributed by atoms with van der Waals surface area (Å²) < 4.78 is 1.43. The number of carbonyl (C=O) groups excluding carboxylic acids is 2. The lowest BCUT2D eigenvalue weighted by Gasteiger charge is -2.15. The highest BCUT2D eigenvalue weighted by molar-refractivity contribution is 6.02. The van der Waals surface area contributed by atoms with Crippen LogP contribution in [0.2, 0.25) is 0 Å². The van der Waals surface area contributed by atoms with E-state index in [1.807, 2.05) is 54.6 Å². The predicted octanol–water partition coefficient (Wildman–Crippen LogP) is 2.86. The number of hydrazone groups is 1. The summed E-state index contributed by atoms with van der Waals surface area (Å²) in [4.78, 5) is 26.0. The van der Waals surface area contributed by atoms with Crippen molar-refractivity contribution in [1.29, 1.82) is 0 Å². The molecule has 1 aliphatic rings. The fraction of sp³-hybridized carbons (Fsp3) is 0.182. The van der Waals surface area contributed by atoms with E-state index in [-0.39, 0.29) is 17.4 Å². The third-order valence-corrected chi connectivity index (χ3v) is 4.93. The zero-order valence-corrected chi connectivity index (χ0v) is 16.4. The highest BCUT2D eigenvalue weighted by Gasteiger charge is 2.21. The number of amides is 2. The lowest BCUT2D eigenvalue weighted by Crippen LogP contribution is -2.23. The maximum atomic E-state index is 12.4. The van der Waals surface area contributed by atoms with Crippen molar-refractivity contribution in [2.24, 2.45) is 5.10 Å². The van der Waals surface area contributed by atoms with E-state index in [4.69, 9.17) is 0 Å². The van der Waals surface area contributed by atoms with Crippen molar-refractivity contribution in [3.63, 3.8) is 0 Å². The van der Waals surface area contributed by atoms with E-state index < -0.39 is 5.91 Å². The molecule has 1 aromatic heterocycles. The molecule has 0 unspecified atom stereocenters. The van der Waals surface area contributed by atoms with Crippen LogP contribution in [-0.4, -0.2) is 39.0 Å². The van der Waals surface area contributed by atoms with Crippen LogP contribution < -0.4 is 10.3 Å². The summed E-state index contributed by atoms with van der Waals surface area (Å²) in [5.74, 6) is -0.709. The molecule has 8 nitrogen and oxygen atoms in total. The number of para-hydroxylation sites is 1. The minimum Gasteiger partial charge on any atom is -0.504 e. The Labute approximate surface area is 173 Å². The number of hydrogen-bond acceptors (Lipinski definition) is 5. The lowest BCUT2D eigenvalue weighted by atomic mass is 10.1. The van der Waals surface area contributed by atoms with E-state index in [9.17, 15) is 14.7 Å². The van der Waals surface area contributed by atoms with Gasteiger partial charge in [0.25, 0.3) is 5.91 Å². The quantitative estimate of drug-likeness (QED) is 0.505. The number of aromatic hydroxyl groups is 1. The summed E-state index contributed by atoms with van der Waals surface area (Å²) in [5.41, 5.74) is 5.29. The summed E-state index contributed by atoms with van der Waals surface area (Å²) in [6.07, 6.45) is 2.83. The number of nitrogens with one attached hydrogen (secondary N) is 1. The van der Waals surface area contributed by atoms with E-state index in [1.54, 1.807) is 11.8 Å². The first kappa shape index (κ1) is 19.4. The number of carbonyl (C=O) groups is 2. The van der Waals surface area contributed by atoms with Gasteiger partial charge in [-0.15, -0.1) is 0 Å². The van der Waals surface area contributed by atoms with Crippen molar-refractivity contribution in [3.05, 3.63) is 72.1 Å². The molecule has 30 heavy (non-hydrogen) atoms. The van der Waals surface area contributed by atoms with Crippen LogP contribution in [-0.2, 0) is 4.79 Å². The van der Waals surface area contributed by atoms with Crippen LogP contribution in [0.1, 0.15) is 35.8 Å². The zero-order chi connectivity index (χ0) is 21.1. The topological polar surface area (TPSA) is 99.8 Å². The Bertz CT molecular complexity index is 1100. The Kier molecular flexibility index (Phi) is 5.30. The normalized spacial score (nSPS) is 14.2.